The second-order valence-electron chi connectivity index (χ2n) is 5.50. The summed E-state index contributed by atoms with van der Waals surface area (Å²) in [7, 11) is 0. The van der Waals surface area contributed by atoms with Gasteiger partial charge in [0.15, 0.2) is 0 Å². The monoisotopic (exact) mass is 301 g/mol. The molecule has 5 heteroatoms. The van der Waals surface area contributed by atoms with Crippen LogP contribution in [0.25, 0.3) is 0 Å². The van der Waals surface area contributed by atoms with Crippen molar-refractivity contribution in [3.8, 4) is 11.8 Å². The van der Waals surface area contributed by atoms with Crippen molar-refractivity contribution >= 4 is 5.91 Å². The molecule has 1 aliphatic rings. The third-order valence-corrected chi connectivity index (χ3v) is 3.95. The minimum Gasteiger partial charge on any atom is -0.492 e. The Morgan fingerprint density at radius 2 is 2.23 bits per heavy atom. The van der Waals surface area contributed by atoms with Crippen molar-refractivity contribution in [3.63, 3.8) is 0 Å². The molecule has 0 atom stereocenters. The molecule has 118 valence electrons. The van der Waals surface area contributed by atoms with E-state index in [1.807, 2.05) is 19.1 Å². The van der Waals surface area contributed by atoms with Crippen LogP contribution in [0.4, 0.5) is 0 Å². The first-order valence-corrected chi connectivity index (χ1v) is 7.86. The zero-order valence-electron chi connectivity index (χ0n) is 13.0. The molecule has 0 aliphatic carbocycles. The van der Waals surface area contributed by atoms with Crippen LogP contribution in [0.1, 0.15) is 25.3 Å². The Bertz CT molecular complexity index is 531. The summed E-state index contributed by atoms with van der Waals surface area (Å²) in [6.07, 6.45) is 1.82. The Hall–Kier alpha value is -2.06. The van der Waals surface area contributed by atoms with Crippen molar-refractivity contribution in [2.24, 2.45) is 5.92 Å². The van der Waals surface area contributed by atoms with Crippen molar-refractivity contribution in [2.45, 2.75) is 19.8 Å². The van der Waals surface area contributed by atoms with E-state index in [9.17, 15) is 4.79 Å². The molecule has 1 aliphatic heterocycles. The number of carbonyl (C=O) groups is 1. The second kappa shape index (κ2) is 8.40. The Balaban J connectivity index is 1.69. The number of nitrogens with one attached hydrogen (secondary N) is 1. The number of rotatable bonds is 6. The molecule has 0 radical (unpaired) electrons. The number of hydrogen-bond acceptors (Lipinski definition) is 4. The number of nitriles is 1. The molecule has 0 aromatic heterocycles. The lowest BCUT2D eigenvalue weighted by molar-refractivity contribution is -0.126. The highest BCUT2D eigenvalue weighted by Crippen LogP contribution is 2.17. The standard InChI is InChI=1S/C17H23N3O2/c1-2-19-17(21)15-6-8-20(9-7-15)10-11-22-16-5-3-4-14(12-16)13-18/h3-5,12,15H,2,6-11H2,1H3,(H,19,21). The maximum atomic E-state index is 11.8. The van der Waals surface area contributed by atoms with Gasteiger partial charge in [-0.05, 0) is 51.1 Å². The van der Waals surface area contributed by atoms with Gasteiger partial charge in [-0.3, -0.25) is 9.69 Å². The van der Waals surface area contributed by atoms with Gasteiger partial charge in [0.05, 0.1) is 11.6 Å². The predicted molar refractivity (Wildman–Crippen MR) is 84.5 cm³/mol. The predicted octanol–water partition coefficient (Wildman–Crippen LogP) is 1.79. The molecule has 0 unspecified atom stereocenters. The van der Waals surface area contributed by atoms with Gasteiger partial charge < -0.3 is 10.1 Å². The summed E-state index contributed by atoms with van der Waals surface area (Å²) < 4.78 is 5.69. The summed E-state index contributed by atoms with van der Waals surface area (Å²) in [5.41, 5.74) is 0.611. The van der Waals surface area contributed by atoms with Crippen LogP contribution in [0.2, 0.25) is 0 Å². The van der Waals surface area contributed by atoms with E-state index in [2.05, 4.69) is 16.3 Å². The van der Waals surface area contributed by atoms with Gasteiger partial charge in [0.25, 0.3) is 0 Å². The first-order chi connectivity index (χ1) is 10.7. The van der Waals surface area contributed by atoms with Gasteiger partial charge in [0, 0.05) is 19.0 Å². The molecule has 1 heterocycles. The zero-order valence-corrected chi connectivity index (χ0v) is 13.0. The third-order valence-electron chi connectivity index (χ3n) is 3.95. The molecule has 5 nitrogen and oxygen atoms in total. The number of hydrogen-bond donors (Lipinski definition) is 1. The van der Waals surface area contributed by atoms with Crippen molar-refractivity contribution in [2.75, 3.05) is 32.8 Å². The first-order valence-electron chi connectivity index (χ1n) is 7.86. The van der Waals surface area contributed by atoms with Gasteiger partial charge in [-0.15, -0.1) is 0 Å². The molecule has 0 saturated carbocycles. The Labute approximate surface area is 131 Å². The molecule has 1 amide bonds. The first kappa shape index (κ1) is 16.3. The van der Waals surface area contributed by atoms with Gasteiger partial charge >= 0.3 is 0 Å². The molecule has 2 rings (SSSR count). The molecular formula is C17H23N3O2. The maximum absolute atomic E-state index is 11.8. The van der Waals surface area contributed by atoms with E-state index in [1.54, 1.807) is 12.1 Å². The minimum absolute atomic E-state index is 0.157. The molecule has 1 aromatic rings. The number of likely N-dealkylation sites (tertiary alicyclic amines) is 1. The van der Waals surface area contributed by atoms with Gasteiger partial charge in [-0.2, -0.15) is 5.26 Å². The average Bonchev–Trinajstić information content (AvgIpc) is 2.56. The molecule has 22 heavy (non-hydrogen) atoms. The third kappa shape index (κ3) is 4.74. The Kier molecular flexibility index (Phi) is 6.23. The van der Waals surface area contributed by atoms with Crippen LogP contribution >= 0.6 is 0 Å². The quantitative estimate of drug-likeness (QED) is 0.870. The molecule has 0 spiro atoms. The highest BCUT2D eigenvalue weighted by molar-refractivity contribution is 5.78. The van der Waals surface area contributed by atoms with Gasteiger partial charge in [0.2, 0.25) is 5.91 Å². The second-order valence-corrected chi connectivity index (χ2v) is 5.50. The normalized spacial score (nSPS) is 16.0. The van der Waals surface area contributed by atoms with E-state index in [4.69, 9.17) is 10.00 Å². The fraction of sp³-hybridized carbons (Fsp3) is 0.529. The van der Waals surface area contributed by atoms with Crippen LogP contribution in [0.3, 0.4) is 0 Å². The van der Waals surface area contributed by atoms with Crippen molar-refractivity contribution in [1.82, 2.24) is 10.2 Å². The maximum Gasteiger partial charge on any atom is 0.223 e. The van der Waals surface area contributed by atoms with Crippen LogP contribution in [0, 0.1) is 17.2 Å². The summed E-state index contributed by atoms with van der Waals surface area (Å²) in [5.74, 6) is 1.08. The fourth-order valence-corrected chi connectivity index (χ4v) is 2.69. The highest BCUT2D eigenvalue weighted by Gasteiger charge is 2.24. The van der Waals surface area contributed by atoms with E-state index >= 15 is 0 Å². The smallest absolute Gasteiger partial charge is 0.223 e. The molecule has 1 aromatic carbocycles. The molecule has 0 bridgehead atoms. The fourth-order valence-electron chi connectivity index (χ4n) is 2.69. The number of nitrogens with zero attached hydrogens (tertiary/aromatic N) is 2. The van der Waals surface area contributed by atoms with Crippen LogP contribution in [-0.4, -0.2) is 43.6 Å². The van der Waals surface area contributed by atoms with E-state index in [0.717, 1.165) is 38.2 Å². The van der Waals surface area contributed by atoms with Gasteiger partial charge in [-0.1, -0.05) is 6.07 Å². The number of piperidine rings is 1. The summed E-state index contributed by atoms with van der Waals surface area (Å²) >= 11 is 0. The summed E-state index contributed by atoms with van der Waals surface area (Å²) in [6, 6.07) is 9.31. The number of amides is 1. The summed E-state index contributed by atoms with van der Waals surface area (Å²) in [5, 5.41) is 11.7. The van der Waals surface area contributed by atoms with E-state index < -0.39 is 0 Å². The number of carbonyl (C=O) groups excluding carboxylic acids is 1. The van der Waals surface area contributed by atoms with Crippen LogP contribution in [0.15, 0.2) is 24.3 Å². The van der Waals surface area contributed by atoms with E-state index in [1.165, 1.54) is 0 Å². The van der Waals surface area contributed by atoms with Crippen LogP contribution in [0.5, 0.6) is 5.75 Å². The lowest BCUT2D eigenvalue weighted by atomic mass is 9.96. The van der Waals surface area contributed by atoms with Crippen molar-refractivity contribution < 1.29 is 9.53 Å². The molecule has 1 saturated heterocycles. The van der Waals surface area contributed by atoms with Gasteiger partial charge in [-0.25, -0.2) is 0 Å². The van der Waals surface area contributed by atoms with Crippen LogP contribution < -0.4 is 10.1 Å². The highest BCUT2D eigenvalue weighted by atomic mass is 16.5. The summed E-state index contributed by atoms with van der Waals surface area (Å²) in [6.45, 7) is 5.96. The SMILES string of the molecule is CCNC(=O)C1CCN(CCOc2cccc(C#N)c2)CC1. The molecule has 1 fully saturated rings. The number of benzene rings is 1. The lowest BCUT2D eigenvalue weighted by Gasteiger charge is -2.31. The molecule has 1 N–H and O–H groups in total. The summed E-state index contributed by atoms with van der Waals surface area (Å²) in [4.78, 5) is 14.1. The lowest BCUT2D eigenvalue weighted by Crippen LogP contribution is -2.41. The topological polar surface area (TPSA) is 65.4 Å². The van der Waals surface area contributed by atoms with Gasteiger partial charge in [0.1, 0.15) is 12.4 Å². The number of ether oxygens (including phenoxy) is 1. The Morgan fingerprint density at radius 1 is 1.45 bits per heavy atom. The van der Waals surface area contributed by atoms with Crippen molar-refractivity contribution in [1.29, 1.82) is 5.26 Å². The average molecular weight is 301 g/mol. The zero-order chi connectivity index (χ0) is 15.8. The van der Waals surface area contributed by atoms with E-state index in [-0.39, 0.29) is 11.8 Å². The van der Waals surface area contributed by atoms with E-state index in [0.29, 0.717) is 18.7 Å². The van der Waals surface area contributed by atoms with Crippen LogP contribution in [-0.2, 0) is 4.79 Å². The Morgan fingerprint density at radius 3 is 2.91 bits per heavy atom. The minimum atomic E-state index is 0.157. The molecular weight excluding hydrogens is 278 g/mol. The largest absolute Gasteiger partial charge is 0.492 e. The van der Waals surface area contributed by atoms with Crippen molar-refractivity contribution in [3.05, 3.63) is 29.8 Å².